The molecular formula is C37H64N2. The third-order valence-electron chi connectivity index (χ3n) is 8.41. The van der Waals surface area contributed by atoms with E-state index in [1.54, 1.807) is 0 Å². The van der Waals surface area contributed by atoms with Gasteiger partial charge in [0.15, 0.2) is 0 Å². The van der Waals surface area contributed by atoms with Crippen LogP contribution in [-0.4, -0.2) is 9.55 Å². The van der Waals surface area contributed by atoms with Gasteiger partial charge in [-0.05, 0) is 37.7 Å². The summed E-state index contributed by atoms with van der Waals surface area (Å²) in [6.07, 6.45) is 36.6. The third-order valence-corrected chi connectivity index (χ3v) is 8.41. The third kappa shape index (κ3) is 17.7. The first-order valence-electron chi connectivity index (χ1n) is 17.4. The van der Waals surface area contributed by atoms with Crippen molar-refractivity contribution in [1.29, 1.82) is 0 Å². The van der Waals surface area contributed by atoms with Crippen molar-refractivity contribution in [3.8, 4) is 0 Å². The highest BCUT2D eigenvalue weighted by molar-refractivity contribution is 5.15. The topological polar surface area (TPSA) is 17.8 Å². The first kappa shape index (κ1) is 33.6. The number of aryl methyl sites for hydroxylation is 4. The van der Waals surface area contributed by atoms with E-state index in [4.69, 9.17) is 4.98 Å². The van der Waals surface area contributed by atoms with Crippen LogP contribution >= 0.6 is 0 Å². The van der Waals surface area contributed by atoms with Gasteiger partial charge in [0.2, 0.25) is 0 Å². The van der Waals surface area contributed by atoms with Crippen LogP contribution in [0, 0.1) is 0 Å². The summed E-state index contributed by atoms with van der Waals surface area (Å²) in [5.74, 6) is 1.35. The van der Waals surface area contributed by atoms with Gasteiger partial charge in [0, 0.05) is 19.2 Å². The van der Waals surface area contributed by atoms with Gasteiger partial charge in [0.05, 0.1) is 5.69 Å². The smallest absolute Gasteiger partial charge is 0.108 e. The normalized spacial score (nSPS) is 11.4. The van der Waals surface area contributed by atoms with Gasteiger partial charge in [-0.3, -0.25) is 0 Å². The van der Waals surface area contributed by atoms with Crippen LogP contribution in [0.15, 0.2) is 36.5 Å². The zero-order chi connectivity index (χ0) is 27.6. The van der Waals surface area contributed by atoms with E-state index in [0.717, 1.165) is 25.8 Å². The molecule has 2 heteroatoms. The number of imidazole rings is 1. The average molecular weight is 537 g/mol. The molecule has 2 nitrogen and oxygen atoms in total. The molecule has 1 aromatic heterocycles. The van der Waals surface area contributed by atoms with Gasteiger partial charge in [0.25, 0.3) is 0 Å². The first-order valence-corrected chi connectivity index (χ1v) is 17.4. The van der Waals surface area contributed by atoms with Gasteiger partial charge >= 0.3 is 0 Å². The summed E-state index contributed by atoms with van der Waals surface area (Å²) in [7, 11) is 0. The Morgan fingerprint density at radius 2 is 0.974 bits per heavy atom. The minimum Gasteiger partial charge on any atom is -0.335 e. The van der Waals surface area contributed by atoms with Crippen LogP contribution in [0.1, 0.15) is 172 Å². The van der Waals surface area contributed by atoms with Gasteiger partial charge in [-0.25, -0.2) is 4.98 Å². The first-order chi connectivity index (χ1) is 19.3. The van der Waals surface area contributed by atoms with Crippen LogP contribution < -0.4 is 0 Å². The fourth-order valence-corrected chi connectivity index (χ4v) is 5.86. The van der Waals surface area contributed by atoms with E-state index < -0.39 is 0 Å². The Bertz CT molecular complexity index is 778. The molecule has 0 aliphatic carbocycles. The highest BCUT2D eigenvalue weighted by Crippen LogP contribution is 2.16. The molecule has 0 unspecified atom stereocenters. The number of hydrogen-bond donors (Lipinski definition) is 0. The Hall–Kier alpha value is -1.57. The number of hydrogen-bond acceptors (Lipinski definition) is 1. The van der Waals surface area contributed by atoms with Crippen molar-refractivity contribution in [2.24, 2.45) is 0 Å². The Morgan fingerprint density at radius 3 is 1.51 bits per heavy atom. The molecule has 1 heterocycles. The minimum absolute atomic E-state index is 1.10. The van der Waals surface area contributed by atoms with Crippen molar-refractivity contribution in [1.82, 2.24) is 9.55 Å². The minimum atomic E-state index is 1.10. The fraction of sp³-hybridized carbons (Fsp3) is 0.757. The quantitative estimate of drug-likeness (QED) is 0.104. The summed E-state index contributed by atoms with van der Waals surface area (Å²) in [5.41, 5.74) is 2.76. The van der Waals surface area contributed by atoms with Crippen molar-refractivity contribution in [2.75, 3.05) is 0 Å². The van der Waals surface area contributed by atoms with Gasteiger partial charge < -0.3 is 4.57 Å². The Morgan fingerprint density at radius 1 is 0.487 bits per heavy atom. The number of aromatic nitrogens is 2. The van der Waals surface area contributed by atoms with Crippen molar-refractivity contribution in [2.45, 2.75) is 181 Å². The number of rotatable bonds is 27. The summed E-state index contributed by atoms with van der Waals surface area (Å²) < 4.78 is 2.51. The van der Waals surface area contributed by atoms with Crippen LogP contribution in [-0.2, 0) is 25.8 Å². The molecule has 0 fully saturated rings. The largest absolute Gasteiger partial charge is 0.335 e. The van der Waals surface area contributed by atoms with E-state index in [9.17, 15) is 0 Å². The molecule has 0 aliphatic heterocycles. The van der Waals surface area contributed by atoms with E-state index in [0.29, 0.717) is 0 Å². The molecule has 0 spiro atoms. The van der Waals surface area contributed by atoms with Crippen molar-refractivity contribution in [3.63, 3.8) is 0 Å². The van der Waals surface area contributed by atoms with Gasteiger partial charge in [0.1, 0.15) is 5.82 Å². The van der Waals surface area contributed by atoms with Crippen molar-refractivity contribution >= 4 is 0 Å². The summed E-state index contributed by atoms with van der Waals surface area (Å²) in [6.45, 7) is 5.76. The second-order valence-corrected chi connectivity index (χ2v) is 12.1. The maximum atomic E-state index is 5.13. The van der Waals surface area contributed by atoms with Crippen LogP contribution in [0.4, 0.5) is 0 Å². The summed E-state index contributed by atoms with van der Waals surface area (Å²) in [4.78, 5) is 5.13. The second kappa shape index (κ2) is 24.2. The average Bonchev–Trinajstić information content (AvgIpc) is 3.34. The molecule has 0 bridgehead atoms. The standard InChI is InChI=1S/C37H64N2/c1-3-5-7-9-10-11-12-13-14-15-16-17-18-19-20-25-32-37-38-36(31-27-30-35-28-23-22-24-29-35)34-39(37)33-26-21-8-6-4-2/h22-24,28-29,34H,3-21,25-27,30-33H2,1-2H3. The van der Waals surface area contributed by atoms with Crippen molar-refractivity contribution in [3.05, 3.63) is 53.6 Å². The van der Waals surface area contributed by atoms with Crippen LogP contribution in [0.2, 0.25) is 0 Å². The molecule has 0 saturated heterocycles. The predicted octanol–water partition coefficient (Wildman–Crippen LogP) is 11.8. The van der Waals surface area contributed by atoms with E-state index in [-0.39, 0.29) is 0 Å². The lowest BCUT2D eigenvalue weighted by atomic mass is 10.0. The Balaban J connectivity index is 1.56. The highest BCUT2D eigenvalue weighted by atomic mass is 15.1. The Kier molecular flexibility index (Phi) is 20.9. The lowest BCUT2D eigenvalue weighted by molar-refractivity contribution is 0.524. The predicted molar refractivity (Wildman–Crippen MR) is 173 cm³/mol. The second-order valence-electron chi connectivity index (χ2n) is 12.1. The molecule has 0 aliphatic rings. The molecule has 1 aromatic carbocycles. The number of benzene rings is 1. The molecule has 0 N–H and O–H groups in total. The van der Waals surface area contributed by atoms with Crippen LogP contribution in [0.25, 0.3) is 0 Å². The van der Waals surface area contributed by atoms with E-state index in [2.05, 4.69) is 54.9 Å². The molecule has 0 atom stereocenters. The molecular weight excluding hydrogens is 472 g/mol. The lowest BCUT2D eigenvalue weighted by Gasteiger charge is -2.08. The molecule has 222 valence electrons. The maximum Gasteiger partial charge on any atom is 0.108 e. The molecule has 0 radical (unpaired) electrons. The van der Waals surface area contributed by atoms with Gasteiger partial charge in [-0.2, -0.15) is 0 Å². The molecule has 2 aromatic rings. The molecule has 2 rings (SSSR count). The zero-order valence-electron chi connectivity index (χ0n) is 26.2. The molecule has 0 amide bonds. The molecule has 39 heavy (non-hydrogen) atoms. The SMILES string of the molecule is CCCCCCCCCCCCCCCCCCc1nc(CCCc2ccccc2)cn1CCCCCCC. The van der Waals surface area contributed by atoms with Gasteiger partial charge in [-0.1, -0.05) is 166 Å². The number of nitrogens with zero attached hydrogens (tertiary/aromatic N) is 2. The summed E-state index contributed by atoms with van der Waals surface area (Å²) in [5, 5.41) is 0. The zero-order valence-corrected chi connectivity index (χ0v) is 26.2. The lowest BCUT2D eigenvalue weighted by Crippen LogP contribution is -2.03. The van der Waals surface area contributed by atoms with Gasteiger partial charge in [-0.15, -0.1) is 0 Å². The monoisotopic (exact) mass is 537 g/mol. The van der Waals surface area contributed by atoms with E-state index in [1.165, 1.54) is 158 Å². The van der Waals surface area contributed by atoms with Crippen LogP contribution in [0.3, 0.4) is 0 Å². The van der Waals surface area contributed by atoms with E-state index >= 15 is 0 Å². The van der Waals surface area contributed by atoms with E-state index in [1.807, 2.05) is 0 Å². The maximum absolute atomic E-state index is 5.13. The molecule has 0 saturated carbocycles. The number of unbranched alkanes of at least 4 members (excludes halogenated alkanes) is 19. The highest BCUT2D eigenvalue weighted by Gasteiger charge is 2.08. The summed E-state index contributed by atoms with van der Waals surface area (Å²) >= 11 is 0. The Labute approximate surface area is 243 Å². The summed E-state index contributed by atoms with van der Waals surface area (Å²) in [6, 6.07) is 10.9. The van der Waals surface area contributed by atoms with Crippen LogP contribution in [0.5, 0.6) is 0 Å². The fourth-order valence-electron chi connectivity index (χ4n) is 5.86. The van der Waals surface area contributed by atoms with Crippen molar-refractivity contribution < 1.29 is 0 Å².